The molecule has 2 rings (SSSR count). The molecule has 0 radical (unpaired) electrons. The van der Waals surface area contributed by atoms with Crippen molar-refractivity contribution >= 4 is 0 Å². The fraction of sp³-hybridized carbons (Fsp3) is 0.333. The van der Waals surface area contributed by atoms with Crippen LogP contribution in [0.2, 0.25) is 0 Å². The van der Waals surface area contributed by atoms with Crippen molar-refractivity contribution in [2.45, 2.75) is 13.0 Å². The SMILES string of the molecule is COc1ccc(CCNCc2cccc(O)c2OC)cc1OC. The number of ether oxygens (including phenoxy) is 3. The Kier molecular flexibility index (Phi) is 6.11. The first-order valence-electron chi connectivity index (χ1n) is 7.46. The van der Waals surface area contributed by atoms with Gasteiger partial charge in [-0.1, -0.05) is 18.2 Å². The van der Waals surface area contributed by atoms with Gasteiger partial charge in [0, 0.05) is 12.1 Å². The molecular weight excluding hydrogens is 294 g/mol. The van der Waals surface area contributed by atoms with Crippen molar-refractivity contribution in [3.8, 4) is 23.0 Å². The minimum Gasteiger partial charge on any atom is -0.504 e. The quantitative estimate of drug-likeness (QED) is 0.733. The van der Waals surface area contributed by atoms with E-state index < -0.39 is 0 Å². The molecule has 2 N–H and O–H groups in total. The molecule has 5 nitrogen and oxygen atoms in total. The van der Waals surface area contributed by atoms with Gasteiger partial charge in [0.1, 0.15) is 0 Å². The van der Waals surface area contributed by atoms with Gasteiger partial charge in [0.2, 0.25) is 0 Å². The van der Waals surface area contributed by atoms with Crippen LogP contribution >= 0.6 is 0 Å². The van der Waals surface area contributed by atoms with E-state index in [9.17, 15) is 5.11 Å². The Hall–Kier alpha value is -2.40. The van der Waals surface area contributed by atoms with Crippen molar-refractivity contribution in [3.05, 3.63) is 47.5 Å². The Bertz CT molecular complexity index is 643. The van der Waals surface area contributed by atoms with Crippen LogP contribution < -0.4 is 19.5 Å². The van der Waals surface area contributed by atoms with Gasteiger partial charge < -0.3 is 24.6 Å². The first-order chi connectivity index (χ1) is 11.2. The van der Waals surface area contributed by atoms with Crippen molar-refractivity contribution < 1.29 is 19.3 Å². The summed E-state index contributed by atoms with van der Waals surface area (Å²) in [6.45, 7) is 1.43. The average Bonchev–Trinajstić information content (AvgIpc) is 2.58. The van der Waals surface area contributed by atoms with E-state index in [4.69, 9.17) is 14.2 Å². The standard InChI is InChI=1S/C18H23NO4/c1-21-16-8-7-13(11-17(16)22-2)9-10-19-12-14-5-4-6-15(20)18(14)23-3/h4-8,11,19-20H,9-10,12H2,1-3H3. The fourth-order valence-corrected chi connectivity index (χ4v) is 2.44. The lowest BCUT2D eigenvalue weighted by atomic mass is 10.1. The van der Waals surface area contributed by atoms with Crippen molar-refractivity contribution in [1.29, 1.82) is 0 Å². The molecule has 0 aromatic heterocycles. The molecule has 0 amide bonds. The lowest BCUT2D eigenvalue weighted by Crippen LogP contribution is -2.17. The van der Waals surface area contributed by atoms with E-state index in [0.29, 0.717) is 12.3 Å². The average molecular weight is 317 g/mol. The molecule has 2 aromatic rings. The van der Waals surface area contributed by atoms with E-state index in [-0.39, 0.29) is 5.75 Å². The van der Waals surface area contributed by atoms with Gasteiger partial charge in [-0.05, 0) is 36.7 Å². The van der Waals surface area contributed by atoms with Crippen LogP contribution in [0.15, 0.2) is 36.4 Å². The molecule has 0 saturated carbocycles. The van der Waals surface area contributed by atoms with Crippen LogP contribution in [0.25, 0.3) is 0 Å². The number of rotatable bonds is 8. The molecular formula is C18H23NO4. The number of hydrogen-bond acceptors (Lipinski definition) is 5. The summed E-state index contributed by atoms with van der Waals surface area (Å²) in [5, 5.41) is 13.1. The second-order valence-electron chi connectivity index (χ2n) is 5.09. The molecule has 0 unspecified atom stereocenters. The highest BCUT2D eigenvalue weighted by Gasteiger charge is 2.08. The Morgan fingerprint density at radius 2 is 1.74 bits per heavy atom. The van der Waals surface area contributed by atoms with Gasteiger partial charge in [-0.3, -0.25) is 0 Å². The molecule has 0 atom stereocenters. The summed E-state index contributed by atoms with van der Waals surface area (Å²) in [4.78, 5) is 0. The van der Waals surface area contributed by atoms with E-state index in [1.54, 1.807) is 27.4 Å². The topological polar surface area (TPSA) is 60.0 Å². The molecule has 2 aromatic carbocycles. The Labute approximate surface area is 136 Å². The third-order valence-corrected chi connectivity index (χ3v) is 3.63. The lowest BCUT2D eigenvalue weighted by Gasteiger charge is -2.12. The van der Waals surface area contributed by atoms with E-state index in [1.807, 2.05) is 30.3 Å². The smallest absolute Gasteiger partial charge is 0.164 e. The number of phenolic OH excluding ortho intramolecular Hbond substituents is 1. The molecule has 124 valence electrons. The summed E-state index contributed by atoms with van der Waals surface area (Å²) in [6.07, 6.45) is 0.863. The first kappa shape index (κ1) is 17.0. The maximum Gasteiger partial charge on any atom is 0.164 e. The number of hydrogen-bond donors (Lipinski definition) is 2. The zero-order valence-corrected chi connectivity index (χ0v) is 13.8. The molecule has 0 fully saturated rings. The highest BCUT2D eigenvalue weighted by Crippen LogP contribution is 2.29. The van der Waals surface area contributed by atoms with Gasteiger partial charge in [-0.2, -0.15) is 0 Å². The van der Waals surface area contributed by atoms with Crippen molar-refractivity contribution in [1.82, 2.24) is 5.32 Å². The molecule has 0 bridgehead atoms. The van der Waals surface area contributed by atoms with Gasteiger partial charge in [0.05, 0.1) is 21.3 Å². The molecule has 0 aliphatic carbocycles. The van der Waals surface area contributed by atoms with E-state index >= 15 is 0 Å². The predicted molar refractivity (Wildman–Crippen MR) is 89.6 cm³/mol. The summed E-state index contributed by atoms with van der Waals surface area (Å²) in [7, 11) is 4.82. The fourth-order valence-electron chi connectivity index (χ4n) is 2.44. The predicted octanol–water partition coefficient (Wildman–Crippen LogP) is 2.75. The second kappa shape index (κ2) is 8.29. The number of phenols is 1. The van der Waals surface area contributed by atoms with Crippen LogP contribution in [0.1, 0.15) is 11.1 Å². The lowest BCUT2D eigenvalue weighted by molar-refractivity contribution is 0.354. The van der Waals surface area contributed by atoms with E-state index in [2.05, 4.69) is 5.32 Å². The van der Waals surface area contributed by atoms with Crippen molar-refractivity contribution in [2.75, 3.05) is 27.9 Å². The van der Waals surface area contributed by atoms with Gasteiger partial charge >= 0.3 is 0 Å². The maximum absolute atomic E-state index is 9.75. The first-order valence-corrected chi connectivity index (χ1v) is 7.46. The second-order valence-corrected chi connectivity index (χ2v) is 5.09. The largest absolute Gasteiger partial charge is 0.504 e. The number of nitrogens with one attached hydrogen (secondary N) is 1. The molecule has 0 aliphatic heterocycles. The monoisotopic (exact) mass is 317 g/mol. The normalized spacial score (nSPS) is 10.4. The summed E-state index contributed by atoms with van der Waals surface area (Å²) < 4.78 is 15.8. The Morgan fingerprint density at radius 3 is 2.43 bits per heavy atom. The highest BCUT2D eigenvalue weighted by atomic mass is 16.5. The van der Waals surface area contributed by atoms with Crippen LogP contribution in [0.5, 0.6) is 23.0 Å². The number of para-hydroxylation sites is 1. The molecule has 0 spiro atoms. The van der Waals surface area contributed by atoms with Crippen molar-refractivity contribution in [2.24, 2.45) is 0 Å². The number of aromatic hydroxyl groups is 1. The number of benzene rings is 2. The molecule has 0 aliphatic rings. The van der Waals surface area contributed by atoms with E-state index in [0.717, 1.165) is 35.6 Å². The molecule has 0 saturated heterocycles. The summed E-state index contributed by atoms with van der Waals surface area (Å²) in [6, 6.07) is 11.3. The third kappa shape index (κ3) is 4.29. The van der Waals surface area contributed by atoms with Crippen LogP contribution in [0.3, 0.4) is 0 Å². The van der Waals surface area contributed by atoms with Gasteiger partial charge in [-0.25, -0.2) is 0 Å². The third-order valence-electron chi connectivity index (χ3n) is 3.63. The summed E-state index contributed by atoms with van der Waals surface area (Å²) in [5.41, 5.74) is 2.10. The Balaban J connectivity index is 1.90. The summed E-state index contributed by atoms with van der Waals surface area (Å²) in [5.74, 6) is 2.14. The van der Waals surface area contributed by atoms with E-state index in [1.165, 1.54) is 0 Å². The van der Waals surface area contributed by atoms with Crippen LogP contribution in [0.4, 0.5) is 0 Å². The Morgan fingerprint density at radius 1 is 0.957 bits per heavy atom. The van der Waals surface area contributed by atoms with Crippen LogP contribution in [-0.2, 0) is 13.0 Å². The van der Waals surface area contributed by atoms with Gasteiger partial charge in [0.15, 0.2) is 23.0 Å². The number of methoxy groups -OCH3 is 3. The molecule has 23 heavy (non-hydrogen) atoms. The summed E-state index contributed by atoms with van der Waals surface area (Å²) >= 11 is 0. The zero-order chi connectivity index (χ0) is 16.7. The molecule has 5 heteroatoms. The highest BCUT2D eigenvalue weighted by molar-refractivity contribution is 5.45. The van der Waals surface area contributed by atoms with Crippen LogP contribution in [-0.4, -0.2) is 33.0 Å². The van der Waals surface area contributed by atoms with Gasteiger partial charge in [0.25, 0.3) is 0 Å². The zero-order valence-electron chi connectivity index (χ0n) is 13.8. The van der Waals surface area contributed by atoms with Crippen molar-refractivity contribution in [3.63, 3.8) is 0 Å². The van der Waals surface area contributed by atoms with Gasteiger partial charge in [-0.15, -0.1) is 0 Å². The maximum atomic E-state index is 9.75. The minimum atomic E-state index is 0.159. The molecule has 0 heterocycles. The minimum absolute atomic E-state index is 0.159. The van der Waals surface area contributed by atoms with Crippen LogP contribution in [0, 0.1) is 0 Å².